The molecule has 1 heterocycles. The van der Waals surface area contributed by atoms with E-state index in [2.05, 4.69) is 0 Å². The van der Waals surface area contributed by atoms with Crippen molar-refractivity contribution >= 4 is 22.9 Å². The highest BCUT2D eigenvalue weighted by Crippen LogP contribution is 2.50. The fraction of sp³-hybridized carbons (Fsp3) is 0.500. The molecule has 1 nitrogen and oxygen atoms in total. The highest BCUT2D eigenvalue weighted by atomic mass is 35.5. The zero-order valence-corrected chi connectivity index (χ0v) is 7.66. The zero-order valence-electron chi connectivity index (χ0n) is 6.09. The number of hydrogen-bond donors (Lipinski definition) is 1. The largest absolute Gasteiger partial charge is 0.330 e. The average Bonchev–Trinajstić information content (AvgIpc) is 2.68. The van der Waals surface area contributed by atoms with E-state index in [4.69, 9.17) is 17.3 Å². The van der Waals surface area contributed by atoms with Gasteiger partial charge in [0.1, 0.15) is 0 Å². The second-order valence-electron chi connectivity index (χ2n) is 2.97. The SMILES string of the molecule is NCC1CC1c1sccc1Cl. The minimum absolute atomic E-state index is 0.674. The third-order valence-corrected chi connectivity index (χ3v) is 3.70. The molecule has 1 aliphatic carbocycles. The molecule has 2 unspecified atom stereocenters. The van der Waals surface area contributed by atoms with Crippen LogP contribution in [0.2, 0.25) is 5.02 Å². The summed E-state index contributed by atoms with van der Waals surface area (Å²) in [6.07, 6.45) is 1.23. The molecule has 0 spiro atoms. The molecule has 1 saturated carbocycles. The standard InChI is InChI=1S/C8H10ClNS/c9-7-1-2-11-8(7)6-3-5(6)4-10/h1-2,5-6H,3-4,10H2. The predicted molar refractivity (Wildman–Crippen MR) is 49.2 cm³/mol. The Kier molecular flexibility index (Phi) is 1.91. The van der Waals surface area contributed by atoms with Gasteiger partial charge >= 0.3 is 0 Å². The molecule has 0 aliphatic heterocycles. The van der Waals surface area contributed by atoms with E-state index in [0.29, 0.717) is 11.8 Å². The van der Waals surface area contributed by atoms with Gasteiger partial charge in [-0.3, -0.25) is 0 Å². The number of hydrogen-bond acceptors (Lipinski definition) is 2. The summed E-state index contributed by atoms with van der Waals surface area (Å²) in [5, 5.41) is 2.97. The minimum Gasteiger partial charge on any atom is -0.330 e. The van der Waals surface area contributed by atoms with Crippen molar-refractivity contribution in [2.24, 2.45) is 11.7 Å². The molecule has 60 valence electrons. The van der Waals surface area contributed by atoms with E-state index in [1.54, 1.807) is 11.3 Å². The van der Waals surface area contributed by atoms with Crippen molar-refractivity contribution in [1.29, 1.82) is 0 Å². The predicted octanol–water partition coefficient (Wildman–Crippen LogP) is 2.46. The van der Waals surface area contributed by atoms with E-state index >= 15 is 0 Å². The van der Waals surface area contributed by atoms with Crippen molar-refractivity contribution in [2.45, 2.75) is 12.3 Å². The topological polar surface area (TPSA) is 26.0 Å². The lowest BCUT2D eigenvalue weighted by Crippen LogP contribution is -2.01. The number of rotatable bonds is 2. The molecular formula is C8H10ClNS. The Balaban J connectivity index is 2.14. The molecular weight excluding hydrogens is 178 g/mol. The second-order valence-corrected chi connectivity index (χ2v) is 4.33. The molecule has 1 aromatic rings. The Labute approximate surface area is 75.2 Å². The van der Waals surface area contributed by atoms with Crippen LogP contribution in [0.1, 0.15) is 17.2 Å². The highest BCUT2D eigenvalue weighted by molar-refractivity contribution is 7.10. The van der Waals surface area contributed by atoms with Crippen LogP contribution in [0.4, 0.5) is 0 Å². The van der Waals surface area contributed by atoms with Crippen LogP contribution in [-0.2, 0) is 0 Å². The van der Waals surface area contributed by atoms with Crippen molar-refractivity contribution < 1.29 is 0 Å². The minimum atomic E-state index is 0.674. The van der Waals surface area contributed by atoms with Crippen LogP contribution in [0.25, 0.3) is 0 Å². The molecule has 0 bridgehead atoms. The average molecular weight is 188 g/mol. The smallest absolute Gasteiger partial charge is 0.0547 e. The Hall–Kier alpha value is -0.0500. The summed E-state index contributed by atoms with van der Waals surface area (Å²) in [5.41, 5.74) is 5.54. The molecule has 0 amide bonds. The Morgan fingerprint density at radius 1 is 1.73 bits per heavy atom. The molecule has 0 saturated heterocycles. The van der Waals surface area contributed by atoms with E-state index in [0.717, 1.165) is 11.6 Å². The molecule has 1 aliphatic rings. The zero-order chi connectivity index (χ0) is 7.84. The first-order chi connectivity index (χ1) is 5.33. The van der Waals surface area contributed by atoms with Crippen molar-refractivity contribution in [3.8, 4) is 0 Å². The monoisotopic (exact) mass is 187 g/mol. The van der Waals surface area contributed by atoms with Crippen LogP contribution in [0.15, 0.2) is 11.4 Å². The molecule has 3 heteroatoms. The van der Waals surface area contributed by atoms with Crippen LogP contribution in [-0.4, -0.2) is 6.54 Å². The summed E-state index contributed by atoms with van der Waals surface area (Å²) < 4.78 is 0. The fourth-order valence-corrected chi connectivity index (χ4v) is 2.81. The fourth-order valence-electron chi connectivity index (χ4n) is 1.40. The lowest BCUT2D eigenvalue weighted by molar-refractivity contribution is 0.815. The van der Waals surface area contributed by atoms with Gasteiger partial charge in [-0.1, -0.05) is 11.6 Å². The Morgan fingerprint density at radius 2 is 2.55 bits per heavy atom. The maximum atomic E-state index is 5.97. The molecule has 1 aromatic heterocycles. The lowest BCUT2D eigenvalue weighted by atomic mass is 10.3. The van der Waals surface area contributed by atoms with Crippen LogP contribution in [0.3, 0.4) is 0 Å². The molecule has 0 aromatic carbocycles. The van der Waals surface area contributed by atoms with Gasteiger partial charge in [-0.05, 0) is 36.2 Å². The van der Waals surface area contributed by atoms with Gasteiger partial charge < -0.3 is 5.73 Å². The van der Waals surface area contributed by atoms with Gasteiger partial charge in [0, 0.05) is 4.88 Å². The molecule has 0 radical (unpaired) electrons. The Morgan fingerprint density at radius 3 is 3.00 bits per heavy atom. The second kappa shape index (κ2) is 2.77. The molecule has 2 rings (SSSR count). The van der Waals surface area contributed by atoms with Gasteiger partial charge in [0.2, 0.25) is 0 Å². The van der Waals surface area contributed by atoms with E-state index in [-0.39, 0.29) is 0 Å². The first-order valence-corrected chi connectivity index (χ1v) is 5.01. The molecule has 1 fully saturated rings. The maximum Gasteiger partial charge on any atom is 0.0547 e. The Bertz CT molecular complexity index is 258. The lowest BCUT2D eigenvalue weighted by Gasteiger charge is -1.93. The van der Waals surface area contributed by atoms with Crippen molar-refractivity contribution in [3.63, 3.8) is 0 Å². The highest BCUT2D eigenvalue weighted by Gasteiger charge is 2.38. The quantitative estimate of drug-likeness (QED) is 0.757. The first kappa shape index (κ1) is 7.59. The van der Waals surface area contributed by atoms with Gasteiger partial charge in [0.05, 0.1) is 5.02 Å². The number of thiophene rings is 1. The van der Waals surface area contributed by atoms with Gasteiger partial charge in [0.15, 0.2) is 0 Å². The summed E-state index contributed by atoms with van der Waals surface area (Å²) in [5.74, 6) is 1.37. The molecule has 2 N–H and O–H groups in total. The van der Waals surface area contributed by atoms with E-state index in [9.17, 15) is 0 Å². The van der Waals surface area contributed by atoms with Gasteiger partial charge in [-0.25, -0.2) is 0 Å². The first-order valence-electron chi connectivity index (χ1n) is 3.76. The van der Waals surface area contributed by atoms with E-state index < -0.39 is 0 Å². The van der Waals surface area contributed by atoms with Gasteiger partial charge in [-0.2, -0.15) is 0 Å². The number of halogens is 1. The van der Waals surface area contributed by atoms with Crippen LogP contribution in [0, 0.1) is 5.92 Å². The normalized spacial score (nSPS) is 28.9. The third kappa shape index (κ3) is 1.31. The van der Waals surface area contributed by atoms with Crippen LogP contribution in [0.5, 0.6) is 0 Å². The summed E-state index contributed by atoms with van der Waals surface area (Å²) in [4.78, 5) is 1.34. The summed E-state index contributed by atoms with van der Waals surface area (Å²) in [7, 11) is 0. The van der Waals surface area contributed by atoms with Crippen LogP contribution >= 0.6 is 22.9 Å². The summed E-state index contributed by atoms with van der Waals surface area (Å²) in [6, 6.07) is 1.97. The number of nitrogens with two attached hydrogens (primary N) is 1. The molecule has 11 heavy (non-hydrogen) atoms. The van der Waals surface area contributed by atoms with Crippen molar-refractivity contribution in [1.82, 2.24) is 0 Å². The molecule has 2 atom stereocenters. The van der Waals surface area contributed by atoms with E-state index in [1.165, 1.54) is 11.3 Å². The maximum absolute atomic E-state index is 5.97. The summed E-state index contributed by atoms with van der Waals surface area (Å²) >= 11 is 7.72. The van der Waals surface area contributed by atoms with Gasteiger partial charge in [-0.15, -0.1) is 11.3 Å². The summed E-state index contributed by atoms with van der Waals surface area (Å²) in [6.45, 7) is 0.804. The van der Waals surface area contributed by atoms with Gasteiger partial charge in [0.25, 0.3) is 0 Å². The third-order valence-electron chi connectivity index (χ3n) is 2.21. The van der Waals surface area contributed by atoms with Crippen LogP contribution < -0.4 is 5.73 Å². The van der Waals surface area contributed by atoms with E-state index in [1.807, 2.05) is 11.4 Å². The van der Waals surface area contributed by atoms with Crippen molar-refractivity contribution in [3.05, 3.63) is 21.3 Å². The van der Waals surface area contributed by atoms with Crippen molar-refractivity contribution in [2.75, 3.05) is 6.54 Å².